The molecule has 3 rings (SSSR count). The molecule has 2 aromatic carbocycles. The van der Waals surface area contributed by atoms with Crippen molar-refractivity contribution in [3.63, 3.8) is 0 Å². The van der Waals surface area contributed by atoms with Gasteiger partial charge in [-0.3, -0.25) is 9.69 Å². The molecule has 0 radical (unpaired) electrons. The number of hydrogen-bond donors (Lipinski definition) is 0. The molecule has 0 aliphatic carbocycles. The van der Waals surface area contributed by atoms with E-state index in [4.69, 9.17) is 17.0 Å². The monoisotopic (exact) mass is 479 g/mol. The third-order valence-corrected chi connectivity index (χ3v) is 6.37. The topological polar surface area (TPSA) is 29.5 Å². The molecule has 0 spiro atoms. The molecule has 0 saturated carbocycles. The molecule has 0 bridgehead atoms. The van der Waals surface area contributed by atoms with E-state index in [0.29, 0.717) is 9.23 Å². The van der Waals surface area contributed by atoms with Crippen LogP contribution in [0, 0.1) is 0 Å². The minimum absolute atomic E-state index is 0.0955. The van der Waals surface area contributed by atoms with Gasteiger partial charge < -0.3 is 4.74 Å². The van der Waals surface area contributed by atoms with Gasteiger partial charge in [0.15, 0.2) is 4.32 Å². The number of anilines is 1. The van der Waals surface area contributed by atoms with Gasteiger partial charge in [0.2, 0.25) is 0 Å². The summed E-state index contributed by atoms with van der Waals surface area (Å²) in [5, 5.41) is 0. The lowest BCUT2D eigenvalue weighted by atomic mass is 10.2. The van der Waals surface area contributed by atoms with E-state index in [-0.39, 0.29) is 12.0 Å². The maximum atomic E-state index is 12.9. The zero-order valence-corrected chi connectivity index (χ0v) is 19.1. The zero-order chi connectivity index (χ0) is 19.6. The molecule has 2 aromatic rings. The van der Waals surface area contributed by atoms with E-state index in [1.54, 1.807) is 16.7 Å². The highest BCUT2D eigenvalue weighted by molar-refractivity contribution is 9.10. The first-order valence-corrected chi connectivity index (χ1v) is 11.5. The van der Waals surface area contributed by atoms with Crippen molar-refractivity contribution < 1.29 is 9.53 Å². The van der Waals surface area contributed by atoms with Crippen LogP contribution in [-0.4, -0.2) is 22.6 Å². The fourth-order valence-corrected chi connectivity index (χ4v) is 4.79. The van der Waals surface area contributed by atoms with E-state index in [1.165, 1.54) is 11.8 Å². The smallest absolute Gasteiger partial charge is 0.270 e. The molecule has 1 amide bonds. The Bertz CT molecular complexity index is 927. The third-order valence-electron chi connectivity index (χ3n) is 3.72. The quantitative estimate of drug-likeness (QED) is 0.282. The van der Waals surface area contributed by atoms with Gasteiger partial charge in [0.25, 0.3) is 5.91 Å². The molecular weight excluding hydrogens is 462 g/mol. The van der Waals surface area contributed by atoms with Gasteiger partial charge in [-0.15, -0.1) is 11.8 Å². The molecule has 0 N–H and O–H groups in total. The van der Waals surface area contributed by atoms with Gasteiger partial charge in [0, 0.05) is 4.90 Å². The number of carbonyl (C=O) groups is 1. The van der Waals surface area contributed by atoms with Gasteiger partial charge in [-0.05, 0) is 78.0 Å². The Kier molecular flexibility index (Phi) is 6.68. The van der Waals surface area contributed by atoms with E-state index < -0.39 is 0 Å². The first-order valence-electron chi connectivity index (χ1n) is 8.27. The summed E-state index contributed by atoms with van der Waals surface area (Å²) < 4.78 is 7.13. The summed E-state index contributed by atoms with van der Waals surface area (Å²) in [6.07, 6.45) is 3.97. The van der Waals surface area contributed by atoms with Crippen LogP contribution in [0.15, 0.2) is 56.7 Å². The zero-order valence-electron chi connectivity index (χ0n) is 15.1. The van der Waals surface area contributed by atoms with Crippen molar-refractivity contribution in [2.24, 2.45) is 0 Å². The van der Waals surface area contributed by atoms with Crippen LogP contribution in [0.5, 0.6) is 5.75 Å². The van der Waals surface area contributed by atoms with Crippen molar-refractivity contribution in [2.75, 3.05) is 11.2 Å². The molecule has 1 aliphatic rings. The van der Waals surface area contributed by atoms with Gasteiger partial charge in [0.1, 0.15) is 5.75 Å². The molecular formula is C20H18BrNO2S3. The lowest BCUT2D eigenvalue weighted by Crippen LogP contribution is -2.27. The fourth-order valence-electron chi connectivity index (χ4n) is 2.55. The first kappa shape index (κ1) is 20.5. The number of ether oxygens (including phenoxy) is 1. The second kappa shape index (κ2) is 8.82. The molecule has 1 fully saturated rings. The molecule has 7 heteroatoms. The second-order valence-corrected chi connectivity index (χ2v) is 9.48. The van der Waals surface area contributed by atoms with Crippen LogP contribution in [0.4, 0.5) is 5.69 Å². The lowest BCUT2D eigenvalue weighted by Gasteiger charge is -2.15. The molecule has 1 aliphatic heterocycles. The number of hydrogen-bond acceptors (Lipinski definition) is 5. The standard InChI is InChI=1S/C20H18BrNO2S3/c1-12(2)24-17-8-7-13(9-16(17)21)10-18-19(23)22(20(25)27-18)14-5-4-6-15(11-14)26-3/h4-12H,1-3H3/b18-10-. The molecule has 1 saturated heterocycles. The maximum absolute atomic E-state index is 12.9. The molecule has 140 valence electrons. The fraction of sp³-hybridized carbons (Fsp3) is 0.200. The van der Waals surface area contributed by atoms with Crippen LogP contribution in [0.25, 0.3) is 6.08 Å². The van der Waals surface area contributed by atoms with Gasteiger partial charge in [-0.25, -0.2) is 0 Å². The predicted octanol–water partition coefficient (Wildman–Crippen LogP) is 6.36. The Labute approximate surface area is 181 Å². The average molecular weight is 480 g/mol. The van der Waals surface area contributed by atoms with Gasteiger partial charge in [-0.1, -0.05) is 36.1 Å². The highest BCUT2D eigenvalue weighted by Crippen LogP contribution is 2.37. The summed E-state index contributed by atoms with van der Waals surface area (Å²) in [4.78, 5) is 16.2. The van der Waals surface area contributed by atoms with Crippen LogP contribution < -0.4 is 9.64 Å². The number of rotatable bonds is 5. The summed E-state index contributed by atoms with van der Waals surface area (Å²) in [5.41, 5.74) is 1.71. The molecule has 27 heavy (non-hydrogen) atoms. The molecule has 0 atom stereocenters. The van der Waals surface area contributed by atoms with Crippen LogP contribution in [0.3, 0.4) is 0 Å². The summed E-state index contributed by atoms with van der Waals surface area (Å²) >= 11 is 11.9. The minimum Gasteiger partial charge on any atom is -0.490 e. The van der Waals surface area contributed by atoms with Crippen LogP contribution in [0.2, 0.25) is 0 Å². The average Bonchev–Trinajstić information content (AvgIpc) is 2.90. The van der Waals surface area contributed by atoms with E-state index in [0.717, 1.165) is 26.4 Å². The second-order valence-electron chi connectivity index (χ2n) is 6.08. The number of thioether (sulfide) groups is 2. The number of nitrogens with zero attached hydrogens (tertiary/aromatic N) is 1. The lowest BCUT2D eigenvalue weighted by molar-refractivity contribution is -0.113. The maximum Gasteiger partial charge on any atom is 0.270 e. The highest BCUT2D eigenvalue weighted by Gasteiger charge is 2.33. The van der Waals surface area contributed by atoms with Gasteiger partial charge >= 0.3 is 0 Å². The van der Waals surface area contributed by atoms with Crippen LogP contribution in [-0.2, 0) is 4.79 Å². The van der Waals surface area contributed by atoms with Crippen LogP contribution >= 0.6 is 51.7 Å². The summed E-state index contributed by atoms with van der Waals surface area (Å²) in [5.74, 6) is 0.686. The first-order chi connectivity index (χ1) is 12.9. The number of thiocarbonyl (C=S) groups is 1. The largest absolute Gasteiger partial charge is 0.490 e. The van der Waals surface area contributed by atoms with Crippen molar-refractivity contribution in [1.29, 1.82) is 0 Å². The summed E-state index contributed by atoms with van der Waals surface area (Å²) in [6, 6.07) is 13.6. The minimum atomic E-state index is -0.0955. The number of halogens is 1. The van der Waals surface area contributed by atoms with Gasteiger partial charge in [0.05, 0.1) is 21.2 Å². The number of benzene rings is 2. The number of amides is 1. The molecule has 0 unspecified atom stereocenters. The Morgan fingerprint density at radius 3 is 2.70 bits per heavy atom. The van der Waals surface area contributed by atoms with E-state index >= 15 is 0 Å². The normalized spacial score (nSPS) is 15.9. The van der Waals surface area contributed by atoms with E-state index in [9.17, 15) is 4.79 Å². The SMILES string of the molecule is CSc1cccc(N2C(=O)/C(=C/c3ccc(OC(C)C)c(Br)c3)SC2=S)c1. The van der Waals surface area contributed by atoms with Crippen molar-refractivity contribution in [3.8, 4) is 5.75 Å². The molecule has 0 aromatic heterocycles. The Hall–Kier alpha value is -1.28. The van der Waals surface area contributed by atoms with Crippen molar-refractivity contribution in [1.82, 2.24) is 0 Å². The Morgan fingerprint density at radius 1 is 1.26 bits per heavy atom. The molecule has 3 nitrogen and oxygen atoms in total. The van der Waals surface area contributed by atoms with E-state index in [2.05, 4.69) is 15.9 Å². The predicted molar refractivity (Wildman–Crippen MR) is 124 cm³/mol. The van der Waals surface area contributed by atoms with E-state index in [1.807, 2.05) is 68.6 Å². The highest BCUT2D eigenvalue weighted by atomic mass is 79.9. The van der Waals surface area contributed by atoms with Crippen LogP contribution in [0.1, 0.15) is 19.4 Å². The summed E-state index contributed by atoms with van der Waals surface area (Å²) in [6.45, 7) is 3.97. The Morgan fingerprint density at radius 2 is 2.04 bits per heavy atom. The van der Waals surface area contributed by atoms with Gasteiger partial charge in [-0.2, -0.15) is 0 Å². The van der Waals surface area contributed by atoms with Crippen molar-refractivity contribution in [2.45, 2.75) is 24.8 Å². The van der Waals surface area contributed by atoms with Crippen molar-refractivity contribution >= 4 is 73.7 Å². The Balaban J connectivity index is 1.87. The third kappa shape index (κ3) is 4.77. The number of carbonyl (C=O) groups excluding carboxylic acids is 1. The summed E-state index contributed by atoms with van der Waals surface area (Å²) in [7, 11) is 0. The van der Waals surface area contributed by atoms with Crippen molar-refractivity contribution in [3.05, 3.63) is 57.4 Å². The molecule has 1 heterocycles.